The SMILES string of the molecule is COc1ccc(CC(C(=O)O)N(C)C(=O)OCC2c3ccccc3-c3ccccc32)cc1OC. The number of likely N-dealkylation sites (N-methyl/N-ethyl adjacent to an activating group) is 1. The van der Waals surface area contributed by atoms with Crippen molar-refractivity contribution < 1.29 is 28.9 Å². The molecule has 1 unspecified atom stereocenters. The van der Waals surface area contributed by atoms with Gasteiger partial charge in [0, 0.05) is 19.4 Å². The van der Waals surface area contributed by atoms with Crippen molar-refractivity contribution in [3.05, 3.63) is 83.4 Å². The van der Waals surface area contributed by atoms with E-state index < -0.39 is 18.1 Å². The molecule has 0 saturated heterocycles. The van der Waals surface area contributed by atoms with Gasteiger partial charge in [0.15, 0.2) is 11.5 Å². The summed E-state index contributed by atoms with van der Waals surface area (Å²) in [5.74, 6) is -0.180. The number of fused-ring (bicyclic) bond motifs is 3. The van der Waals surface area contributed by atoms with Crippen molar-refractivity contribution in [2.45, 2.75) is 18.4 Å². The summed E-state index contributed by atoms with van der Waals surface area (Å²) in [6.45, 7) is 0.125. The third-order valence-corrected chi connectivity index (χ3v) is 6.25. The maximum Gasteiger partial charge on any atom is 0.410 e. The Morgan fingerprint density at radius 1 is 0.912 bits per heavy atom. The lowest BCUT2D eigenvalue weighted by Gasteiger charge is -2.25. The predicted molar refractivity (Wildman–Crippen MR) is 128 cm³/mol. The van der Waals surface area contributed by atoms with Gasteiger partial charge in [-0.3, -0.25) is 4.90 Å². The summed E-state index contributed by atoms with van der Waals surface area (Å²) in [4.78, 5) is 26.0. The molecule has 0 spiro atoms. The number of carbonyl (C=O) groups is 2. The van der Waals surface area contributed by atoms with Gasteiger partial charge in [0.1, 0.15) is 12.6 Å². The Morgan fingerprint density at radius 2 is 1.50 bits per heavy atom. The van der Waals surface area contributed by atoms with Gasteiger partial charge in [-0.1, -0.05) is 54.6 Å². The zero-order chi connectivity index (χ0) is 24.2. The molecule has 34 heavy (non-hydrogen) atoms. The lowest BCUT2D eigenvalue weighted by Crippen LogP contribution is -2.44. The maximum absolute atomic E-state index is 12.9. The van der Waals surface area contributed by atoms with Gasteiger partial charge in [-0.05, 0) is 39.9 Å². The number of ether oxygens (including phenoxy) is 3. The van der Waals surface area contributed by atoms with Gasteiger partial charge in [0.2, 0.25) is 0 Å². The molecule has 1 amide bonds. The molecular formula is C27H27NO6. The summed E-state index contributed by atoms with van der Waals surface area (Å²) in [6, 6.07) is 20.2. The molecular weight excluding hydrogens is 434 g/mol. The molecule has 0 fully saturated rings. The number of hydrogen-bond acceptors (Lipinski definition) is 5. The highest BCUT2D eigenvalue weighted by atomic mass is 16.6. The van der Waals surface area contributed by atoms with Crippen molar-refractivity contribution in [1.29, 1.82) is 0 Å². The van der Waals surface area contributed by atoms with E-state index in [0.29, 0.717) is 17.1 Å². The highest BCUT2D eigenvalue weighted by molar-refractivity contribution is 5.81. The molecule has 1 atom stereocenters. The first-order valence-electron chi connectivity index (χ1n) is 11.0. The van der Waals surface area contributed by atoms with Crippen molar-refractivity contribution in [3.8, 4) is 22.6 Å². The first-order chi connectivity index (χ1) is 16.4. The molecule has 4 rings (SSSR count). The molecule has 3 aromatic carbocycles. The van der Waals surface area contributed by atoms with Gasteiger partial charge in [0.05, 0.1) is 14.2 Å². The number of rotatable bonds is 8. The smallest absolute Gasteiger partial charge is 0.410 e. The van der Waals surface area contributed by atoms with Crippen molar-refractivity contribution in [1.82, 2.24) is 4.90 Å². The summed E-state index contributed by atoms with van der Waals surface area (Å²) in [6.07, 6.45) is -0.592. The van der Waals surface area contributed by atoms with Crippen LogP contribution < -0.4 is 9.47 Å². The number of benzene rings is 3. The Labute approximate surface area is 198 Å². The Morgan fingerprint density at radius 3 is 2.06 bits per heavy atom. The third kappa shape index (κ3) is 4.41. The van der Waals surface area contributed by atoms with E-state index in [-0.39, 0.29) is 18.9 Å². The summed E-state index contributed by atoms with van der Waals surface area (Å²) in [7, 11) is 4.49. The highest BCUT2D eigenvalue weighted by Gasteiger charge is 2.32. The second-order valence-electron chi connectivity index (χ2n) is 8.16. The van der Waals surface area contributed by atoms with Crippen molar-refractivity contribution in [2.24, 2.45) is 0 Å². The molecule has 0 saturated carbocycles. The number of carboxylic acids is 1. The van der Waals surface area contributed by atoms with Crippen LogP contribution in [0.1, 0.15) is 22.6 Å². The summed E-state index contributed by atoms with van der Waals surface area (Å²) in [5, 5.41) is 9.82. The molecule has 0 bridgehead atoms. The predicted octanol–water partition coefficient (Wildman–Crippen LogP) is 4.58. The first-order valence-corrected chi connectivity index (χ1v) is 11.0. The fraction of sp³-hybridized carbons (Fsp3) is 0.259. The van der Waals surface area contributed by atoms with Crippen LogP contribution in [0.25, 0.3) is 11.1 Å². The molecule has 0 heterocycles. The van der Waals surface area contributed by atoms with Gasteiger partial charge in [-0.25, -0.2) is 9.59 Å². The zero-order valence-electron chi connectivity index (χ0n) is 19.4. The Hall–Kier alpha value is -4.00. The molecule has 0 aromatic heterocycles. The number of hydrogen-bond donors (Lipinski definition) is 1. The average Bonchev–Trinajstić information content (AvgIpc) is 3.18. The van der Waals surface area contributed by atoms with Gasteiger partial charge in [-0.15, -0.1) is 0 Å². The average molecular weight is 462 g/mol. The minimum atomic E-state index is -1.12. The molecule has 3 aromatic rings. The van der Waals surface area contributed by atoms with E-state index in [4.69, 9.17) is 14.2 Å². The number of carboxylic acid groups (broad SMARTS) is 1. The summed E-state index contributed by atoms with van der Waals surface area (Å²) in [5.41, 5.74) is 5.15. The van der Waals surface area contributed by atoms with Crippen LogP contribution in [0.4, 0.5) is 4.79 Å². The second kappa shape index (κ2) is 9.87. The largest absolute Gasteiger partial charge is 0.493 e. The Kier molecular flexibility index (Phi) is 6.72. The topological polar surface area (TPSA) is 85.3 Å². The van der Waals surface area contributed by atoms with Crippen LogP contribution in [0, 0.1) is 0 Å². The van der Waals surface area contributed by atoms with Crippen molar-refractivity contribution >= 4 is 12.1 Å². The molecule has 1 aliphatic rings. The standard InChI is InChI=1S/C27H27NO6/c1-28(23(26(29)30)14-17-12-13-24(32-2)25(15-17)33-3)27(31)34-16-22-20-10-6-4-8-18(20)19-9-5-7-11-21(19)22/h4-13,15,22-23H,14,16H2,1-3H3,(H,29,30). The zero-order valence-corrected chi connectivity index (χ0v) is 19.4. The van der Waals surface area contributed by atoms with Crippen LogP contribution in [0.2, 0.25) is 0 Å². The highest BCUT2D eigenvalue weighted by Crippen LogP contribution is 2.44. The van der Waals surface area contributed by atoms with E-state index in [1.165, 1.54) is 21.3 Å². The Balaban J connectivity index is 1.48. The van der Waals surface area contributed by atoms with Crippen LogP contribution in [-0.2, 0) is 16.0 Å². The first kappa shape index (κ1) is 23.2. The lowest BCUT2D eigenvalue weighted by atomic mass is 9.98. The fourth-order valence-corrected chi connectivity index (χ4v) is 4.44. The second-order valence-corrected chi connectivity index (χ2v) is 8.16. The van der Waals surface area contributed by atoms with Crippen LogP contribution in [0.3, 0.4) is 0 Å². The van der Waals surface area contributed by atoms with E-state index in [1.54, 1.807) is 18.2 Å². The van der Waals surface area contributed by atoms with E-state index in [9.17, 15) is 14.7 Å². The number of amides is 1. The number of methoxy groups -OCH3 is 2. The molecule has 0 radical (unpaired) electrons. The minimum Gasteiger partial charge on any atom is -0.493 e. The van der Waals surface area contributed by atoms with E-state index in [2.05, 4.69) is 12.1 Å². The lowest BCUT2D eigenvalue weighted by molar-refractivity contribution is -0.142. The Bertz CT molecular complexity index is 1160. The summed E-state index contributed by atoms with van der Waals surface area (Å²) >= 11 is 0. The molecule has 1 aliphatic carbocycles. The van der Waals surface area contributed by atoms with Gasteiger partial charge in [0.25, 0.3) is 0 Å². The van der Waals surface area contributed by atoms with Crippen LogP contribution >= 0.6 is 0 Å². The van der Waals surface area contributed by atoms with Gasteiger partial charge in [-0.2, -0.15) is 0 Å². The number of carbonyl (C=O) groups excluding carboxylic acids is 1. The summed E-state index contributed by atoms with van der Waals surface area (Å²) < 4.78 is 16.2. The normalized spacial score (nSPS) is 12.9. The molecule has 7 heteroatoms. The van der Waals surface area contributed by atoms with Gasteiger partial charge < -0.3 is 19.3 Å². The molecule has 0 aliphatic heterocycles. The van der Waals surface area contributed by atoms with E-state index in [1.807, 2.05) is 36.4 Å². The third-order valence-electron chi connectivity index (χ3n) is 6.25. The fourth-order valence-electron chi connectivity index (χ4n) is 4.44. The van der Waals surface area contributed by atoms with Crippen LogP contribution in [0.5, 0.6) is 11.5 Å². The quantitative estimate of drug-likeness (QED) is 0.529. The maximum atomic E-state index is 12.9. The van der Waals surface area contributed by atoms with E-state index in [0.717, 1.165) is 27.2 Å². The molecule has 7 nitrogen and oxygen atoms in total. The van der Waals surface area contributed by atoms with Gasteiger partial charge >= 0.3 is 12.1 Å². The van der Waals surface area contributed by atoms with Crippen molar-refractivity contribution in [2.75, 3.05) is 27.9 Å². The van der Waals surface area contributed by atoms with Crippen LogP contribution in [0.15, 0.2) is 66.7 Å². The van der Waals surface area contributed by atoms with E-state index >= 15 is 0 Å². The monoisotopic (exact) mass is 461 g/mol. The van der Waals surface area contributed by atoms with Crippen molar-refractivity contribution in [3.63, 3.8) is 0 Å². The van der Waals surface area contributed by atoms with Crippen LogP contribution in [-0.4, -0.2) is 56.0 Å². The number of aliphatic carboxylic acids is 1. The molecule has 176 valence electrons. The number of nitrogens with zero attached hydrogens (tertiary/aromatic N) is 1. The minimum absolute atomic E-state index is 0.0936. The molecule has 1 N–H and O–H groups in total.